The summed E-state index contributed by atoms with van der Waals surface area (Å²) in [6.45, 7) is 3.91. The molecule has 108 valence electrons. The molecule has 0 aromatic carbocycles. The Balaban J connectivity index is 2.35. The van der Waals surface area contributed by atoms with Crippen molar-refractivity contribution in [3.8, 4) is 0 Å². The van der Waals surface area contributed by atoms with E-state index in [1.807, 2.05) is 13.8 Å². The molecule has 0 radical (unpaired) electrons. The number of aryl methyl sites for hydroxylation is 2. The second-order valence-electron chi connectivity index (χ2n) is 4.10. The largest absolute Gasteiger partial charge is 0.387 e. The number of nitrogens with one attached hydrogen (secondary N) is 2. The number of nitrogens with zero attached hydrogens (tertiary/aromatic N) is 2. The smallest absolute Gasteiger partial charge is 0.267 e. The van der Waals surface area contributed by atoms with Crippen LogP contribution in [0, 0.1) is 6.92 Å². The number of hydrogen-bond donors (Lipinski definition) is 2. The van der Waals surface area contributed by atoms with Crippen LogP contribution >= 0.6 is 11.3 Å². The first-order valence-corrected chi connectivity index (χ1v) is 8.38. The maximum absolute atomic E-state index is 12.4. The summed E-state index contributed by atoms with van der Waals surface area (Å²) < 4.78 is 27.2. The van der Waals surface area contributed by atoms with Crippen molar-refractivity contribution in [3.63, 3.8) is 0 Å². The van der Waals surface area contributed by atoms with E-state index in [9.17, 15) is 8.42 Å². The van der Waals surface area contributed by atoms with Crippen LogP contribution in [-0.2, 0) is 16.4 Å². The molecule has 6 nitrogen and oxygen atoms in total. The van der Waals surface area contributed by atoms with Gasteiger partial charge in [-0.1, -0.05) is 6.92 Å². The number of pyridine rings is 1. The fourth-order valence-corrected chi connectivity index (χ4v) is 4.06. The Morgan fingerprint density at radius 2 is 2.15 bits per heavy atom. The van der Waals surface area contributed by atoms with Crippen molar-refractivity contribution in [1.82, 2.24) is 9.97 Å². The Kier molecular flexibility index (Phi) is 4.24. The summed E-state index contributed by atoms with van der Waals surface area (Å²) in [5, 5.41) is 3.22. The summed E-state index contributed by atoms with van der Waals surface area (Å²) in [4.78, 5) is 9.27. The molecule has 2 aromatic heterocycles. The zero-order valence-electron chi connectivity index (χ0n) is 11.5. The van der Waals surface area contributed by atoms with E-state index in [1.165, 1.54) is 23.7 Å². The quantitative estimate of drug-likeness (QED) is 0.884. The molecule has 0 aliphatic heterocycles. The first-order chi connectivity index (χ1) is 9.47. The lowest BCUT2D eigenvalue weighted by molar-refractivity contribution is 0.601. The molecule has 0 atom stereocenters. The highest BCUT2D eigenvalue weighted by molar-refractivity contribution is 7.93. The minimum atomic E-state index is -3.69. The van der Waals surface area contributed by atoms with E-state index in [1.54, 1.807) is 13.1 Å². The van der Waals surface area contributed by atoms with E-state index in [0.717, 1.165) is 17.0 Å². The highest BCUT2D eigenvalue weighted by atomic mass is 32.2. The first kappa shape index (κ1) is 14.7. The highest BCUT2D eigenvalue weighted by Crippen LogP contribution is 2.27. The number of hydrogen-bond acceptors (Lipinski definition) is 6. The molecular formula is C12H16N4O2S2. The number of thiazole rings is 1. The van der Waals surface area contributed by atoms with Crippen LogP contribution < -0.4 is 10.0 Å². The van der Waals surface area contributed by atoms with Crippen LogP contribution in [-0.4, -0.2) is 25.4 Å². The van der Waals surface area contributed by atoms with Crippen molar-refractivity contribution in [2.24, 2.45) is 0 Å². The van der Waals surface area contributed by atoms with E-state index in [2.05, 4.69) is 20.0 Å². The highest BCUT2D eigenvalue weighted by Gasteiger charge is 2.20. The van der Waals surface area contributed by atoms with Gasteiger partial charge >= 0.3 is 0 Å². The third kappa shape index (κ3) is 2.91. The topological polar surface area (TPSA) is 84.0 Å². The molecule has 0 spiro atoms. The second-order valence-corrected chi connectivity index (χ2v) is 6.96. The maximum atomic E-state index is 12.4. The minimum Gasteiger partial charge on any atom is -0.387 e. The normalized spacial score (nSPS) is 11.3. The van der Waals surface area contributed by atoms with E-state index in [-0.39, 0.29) is 4.90 Å². The van der Waals surface area contributed by atoms with Crippen molar-refractivity contribution in [2.45, 2.75) is 25.2 Å². The van der Waals surface area contributed by atoms with Gasteiger partial charge in [-0.25, -0.2) is 13.4 Å². The number of sulfonamides is 1. The zero-order chi connectivity index (χ0) is 14.8. The molecular weight excluding hydrogens is 296 g/mol. The lowest BCUT2D eigenvalue weighted by Gasteiger charge is -2.09. The average molecular weight is 312 g/mol. The lowest BCUT2D eigenvalue weighted by atomic mass is 10.3. The third-order valence-corrected chi connectivity index (χ3v) is 5.22. The molecule has 0 aliphatic carbocycles. The number of aromatic nitrogens is 2. The van der Waals surface area contributed by atoms with Crippen LogP contribution in [0.3, 0.4) is 0 Å². The Bertz CT molecular complexity index is 710. The first-order valence-electron chi connectivity index (χ1n) is 6.08. The minimum absolute atomic E-state index is 0.105. The Morgan fingerprint density at radius 1 is 1.40 bits per heavy atom. The summed E-state index contributed by atoms with van der Waals surface area (Å²) in [7, 11) is -2.03. The molecule has 0 saturated carbocycles. The van der Waals surface area contributed by atoms with Gasteiger partial charge in [-0.05, 0) is 19.4 Å². The maximum Gasteiger partial charge on any atom is 0.267 e. The van der Waals surface area contributed by atoms with Crippen LogP contribution in [0.15, 0.2) is 23.4 Å². The third-order valence-electron chi connectivity index (χ3n) is 2.79. The molecule has 8 heteroatoms. The SMILES string of the molecule is CCc1nc(NS(=O)(=O)c2cnccc2NC)sc1C. The molecule has 2 heterocycles. The predicted molar refractivity (Wildman–Crippen MR) is 80.8 cm³/mol. The Morgan fingerprint density at radius 3 is 2.75 bits per heavy atom. The fourth-order valence-electron chi connectivity index (χ4n) is 1.77. The van der Waals surface area contributed by atoms with Crippen molar-refractivity contribution in [1.29, 1.82) is 0 Å². The van der Waals surface area contributed by atoms with Crippen molar-refractivity contribution >= 4 is 32.2 Å². The van der Waals surface area contributed by atoms with Gasteiger partial charge in [0.25, 0.3) is 10.0 Å². The summed E-state index contributed by atoms with van der Waals surface area (Å²) in [6.07, 6.45) is 3.63. The average Bonchev–Trinajstić information content (AvgIpc) is 2.77. The van der Waals surface area contributed by atoms with Crippen LogP contribution in [0.4, 0.5) is 10.8 Å². The molecule has 2 aromatic rings. The summed E-state index contributed by atoms with van der Waals surface area (Å²) in [6, 6.07) is 1.61. The summed E-state index contributed by atoms with van der Waals surface area (Å²) in [5.41, 5.74) is 1.41. The van der Waals surface area contributed by atoms with Crippen LogP contribution in [0.25, 0.3) is 0 Å². The van der Waals surface area contributed by atoms with Gasteiger partial charge in [0.2, 0.25) is 0 Å². The number of rotatable bonds is 5. The van der Waals surface area contributed by atoms with Gasteiger partial charge in [0.1, 0.15) is 4.90 Å². The van der Waals surface area contributed by atoms with Crippen LogP contribution in [0.2, 0.25) is 0 Å². The number of anilines is 2. The second kappa shape index (κ2) is 5.76. The monoisotopic (exact) mass is 312 g/mol. The standard InChI is InChI=1S/C12H16N4O2S2/c1-4-9-8(2)19-12(15-9)16-20(17,18)11-7-14-6-5-10(11)13-3/h5-7H,4H2,1-3H3,(H,13,14)(H,15,16). The molecule has 0 saturated heterocycles. The Hall–Kier alpha value is -1.67. The van der Waals surface area contributed by atoms with Gasteiger partial charge in [0, 0.05) is 24.3 Å². The van der Waals surface area contributed by atoms with Gasteiger partial charge in [0.05, 0.1) is 11.4 Å². The van der Waals surface area contributed by atoms with Gasteiger partial charge in [0.15, 0.2) is 5.13 Å². The lowest BCUT2D eigenvalue weighted by Crippen LogP contribution is -2.15. The van der Waals surface area contributed by atoms with Crippen molar-refractivity contribution < 1.29 is 8.42 Å². The molecule has 0 fully saturated rings. The zero-order valence-corrected chi connectivity index (χ0v) is 13.1. The predicted octanol–water partition coefficient (Wildman–Crippen LogP) is 2.25. The van der Waals surface area contributed by atoms with E-state index >= 15 is 0 Å². The summed E-state index contributed by atoms with van der Waals surface area (Å²) in [5.74, 6) is 0. The molecule has 2 rings (SSSR count). The van der Waals surface area contributed by atoms with Gasteiger partial charge in [-0.2, -0.15) is 0 Å². The molecule has 0 amide bonds. The van der Waals surface area contributed by atoms with Gasteiger partial charge in [-0.15, -0.1) is 11.3 Å². The van der Waals surface area contributed by atoms with E-state index < -0.39 is 10.0 Å². The Labute approximate surface area is 122 Å². The molecule has 0 unspecified atom stereocenters. The molecule has 0 bridgehead atoms. The molecule has 2 N–H and O–H groups in total. The van der Waals surface area contributed by atoms with Crippen LogP contribution in [0.5, 0.6) is 0 Å². The van der Waals surface area contributed by atoms with E-state index in [0.29, 0.717) is 10.8 Å². The van der Waals surface area contributed by atoms with Crippen molar-refractivity contribution in [2.75, 3.05) is 17.1 Å². The molecule has 20 heavy (non-hydrogen) atoms. The van der Waals surface area contributed by atoms with E-state index in [4.69, 9.17) is 0 Å². The summed E-state index contributed by atoms with van der Waals surface area (Å²) >= 11 is 1.33. The van der Waals surface area contributed by atoms with Crippen LogP contribution in [0.1, 0.15) is 17.5 Å². The van der Waals surface area contributed by atoms with Crippen molar-refractivity contribution in [3.05, 3.63) is 29.0 Å². The molecule has 0 aliphatic rings. The van der Waals surface area contributed by atoms with Gasteiger partial charge < -0.3 is 5.32 Å². The van der Waals surface area contributed by atoms with Gasteiger partial charge in [-0.3, -0.25) is 9.71 Å². The fraction of sp³-hybridized carbons (Fsp3) is 0.333.